The molecule has 1 N–H and O–H groups in total. The van der Waals surface area contributed by atoms with Crippen LogP contribution in [0.1, 0.15) is 56.1 Å². The predicted molar refractivity (Wildman–Crippen MR) is 124 cm³/mol. The smallest absolute Gasteiger partial charge is 0.339 e. The molecule has 2 aromatic carbocycles. The highest BCUT2D eigenvalue weighted by molar-refractivity contribution is 7.87. The van der Waals surface area contributed by atoms with E-state index in [0.29, 0.717) is 29.3 Å². The van der Waals surface area contributed by atoms with E-state index < -0.39 is 10.1 Å². The molecule has 7 heteroatoms. The first-order chi connectivity index (χ1) is 15.8. The third-order valence-corrected chi connectivity index (χ3v) is 9.76. The molecule has 0 amide bonds. The summed E-state index contributed by atoms with van der Waals surface area (Å²) in [5.74, 6) is 2.74. The molecule has 6 nitrogen and oxygen atoms in total. The van der Waals surface area contributed by atoms with Crippen molar-refractivity contribution in [2.45, 2.75) is 62.4 Å². The summed E-state index contributed by atoms with van der Waals surface area (Å²) in [6.45, 7) is 2.27. The standard InChI is InChI=1S/C26H32O6S/c1-26-13-12-19-20(22(26)10-11-25(26)27)9-4-16-14-24(23(31-3)15-21(16)19)32-33(28,29)18-7-5-17(30-2)6-8-18/h5-8,14-15,19-20,22,25,27H,4,9-13H2,1-3H3/t19?,20?,22?,25-,26-/m0/s1. The van der Waals surface area contributed by atoms with Crippen LogP contribution in [0.15, 0.2) is 41.3 Å². The zero-order valence-corrected chi connectivity index (χ0v) is 20.2. The summed E-state index contributed by atoms with van der Waals surface area (Å²) in [6.07, 6.45) is 5.78. The molecule has 3 unspecified atom stereocenters. The lowest BCUT2D eigenvalue weighted by atomic mass is 9.55. The zero-order chi connectivity index (χ0) is 23.4. The third kappa shape index (κ3) is 3.69. The minimum Gasteiger partial charge on any atom is -0.497 e. The van der Waals surface area contributed by atoms with E-state index in [4.69, 9.17) is 13.7 Å². The summed E-state index contributed by atoms with van der Waals surface area (Å²) in [7, 11) is -0.936. The Morgan fingerprint density at radius 1 is 0.970 bits per heavy atom. The lowest BCUT2D eigenvalue weighted by Crippen LogP contribution is -2.43. The number of hydrogen-bond acceptors (Lipinski definition) is 6. The van der Waals surface area contributed by atoms with Gasteiger partial charge in [-0.25, -0.2) is 0 Å². The molecule has 0 heterocycles. The molecule has 178 valence electrons. The Morgan fingerprint density at radius 3 is 2.42 bits per heavy atom. The molecule has 5 atom stereocenters. The van der Waals surface area contributed by atoms with E-state index in [0.717, 1.165) is 44.1 Å². The maximum absolute atomic E-state index is 12.9. The lowest BCUT2D eigenvalue weighted by Gasteiger charge is -2.50. The molecule has 3 aliphatic carbocycles. The van der Waals surface area contributed by atoms with Crippen molar-refractivity contribution < 1.29 is 27.2 Å². The fourth-order valence-electron chi connectivity index (χ4n) is 6.68. The van der Waals surface area contributed by atoms with E-state index in [2.05, 4.69) is 6.92 Å². The van der Waals surface area contributed by atoms with Gasteiger partial charge in [0.15, 0.2) is 11.5 Å². The quantitative estimate of drug-likeness (QED) is 0.636. The van der Waals surface area contributed by atoms with Gasteiger partial charge in [0.2, 0.25) is 0 Å². The predicted octanol–water partition coefficient (Wildman–Crippen LogP) is 4.69. The molecule has 5 rings (SSSR count). The molecule has 33 heavy (non-hydrogen) atoms. The number of aryl methyl sites for hydroxylation is 1. The van der Waals surface area contributed by atoms with Crippen molar-refractivity contribution in [2.75, 3.05) is 14.2 Å². The number of hydrogen-bond donors (Lipinski definition) is 1. The average Bonchev–Trinajstić information content (AvgIpc) is 3.12. The van der Waals surface area contributed by atoms with Crippen LogP contribution in [-0.4, -0.2) is 33.8 Å². The van der Waals surface area contributed by atoms with E-state index in [1.807, 2.05) is 12.1 Å². The van der Waals surface area contributed by atoms with E-state index in [1.54, 1.807) is 19.2 Å². The molecule has 3 aliphatic rings. The van der Waals surface area contributed by atoms with Crippen molar-refractivity contribution in [2.24, 2.45) is 17.3 Å². The van der Waals surface area contributed by atoms with Crippen LogP contribution in [0.4, 0.5) is 0 Å². The van der Waals surface area contributed by atoms with Crippen LogP contribution in [0.3, 0.4) is 0 Å². The Kier molecular flexibility index (Phi) is 5.60. The van der Waals surface area contributed by atoms with Crippen molar-refractivity contribution in [3.05, 3.63) is 47.5 Å². The number of ether oxygens (including phenoxy) is 2. The molecule has 2 saturated carbocycles. The van der Waals surface area contributed by atoms with E-state index in [1.165, 1.54) is 24.8 Å². The summed E-state index contributed by atoms with van der Waals surface area (Å²) in [5.41, 5.74) is 2.41. The van der Waals surface area contributed by atoms with Gasteiger partial charge in [-0.15, -0.1) is 0 Å². The van der Waals surface area contributed by atoms with Crippen LogP contribution in [0.2, 0.25) is 0 Å². The van der Waals surface area contributed by atoms with Crippen LogP contribution in [0, 0.1) is 17.3 Å². The topological polar surface area (TPSA) is 82.1 Å². The van der Waals surface area contributed by atoms with Gasteiger partial charge < -0.3 is 18.8 Å². The summed E-state index contributed by atoms with van der Waals surface area (Å²) < 4.78 is 42.1. The summed E-state index contributed by atoms with van der Waals surface area (Å²) in [4.78, 5) is 0.0643. The van der Waals surface area contributed by atoms with Crippen LogP contribution in [-0.2, 0) is 16.5 Å². The second-order valence-corrected chi connectivity index (χ2v) is 11.5. The summed E-state index contributed by atoms with van der Waals surface area (Å²) in [5, 5.41) is 10.6. The maximum Gasteiger partial charge on any atom is 0.339 e. The first-order valence-electron chi connectivity index (χ1n) is 11.7. The van der Waals surface area contributed by atoms with Crippen molar-refractivity contribution in [1.29, 1.82) is 0 Å². The fraction of sp³-hybridized carbons (Fsp3) is 0.538. The van der Waals surface area contributed by atoms with Gasteiger partial charge in [0.25, 0.3) is 0 Å². The highest BCUT2D eigenvalue weighted by Crippen LogP contribution is 2.61. The normalized spacial score (nSPS) is 30.7. The van der Waals surface area contributed by atoms with Gasteiger partial charge in [-0.05, 0) is 109 Å². The first kappa shape index (κ1) is 22.5. The highest BCUT2D eigenvalue weighted by atomic mass is 32.2. The Labute approximate surface area is 196 Å². The van der Waals surface area contributed by atoms with Gasteiger partial charge in [-0.1, -0.05) is 6.92 Å². The number of rotatable bonds is 5. The SMILES string of the molecule is COc1ccc(S(=O)(=O)Oc2cc3c(cc2OC)C2CC[C@@]4(C)C(CC[C@@H]4O)C2CC3)cc1. The number of aliphatic hydroxyl groups is 1. The van der Waals surface area contributed by atoms with Crippen LogP contribution in [0.25, 0.3) is 0 Å². The second-order valence-electron chi connectivity index (χ2n) is 9.97. The van der Waals surface area contributed by atoms with Gasteiger partial charge in [0.1, 0.15) is 10.6 Å². The Morgan fingerprint density at radius 2 is 1.73 bits per heavy atom. The Bertz CT molecular complexity index is 1140. The van der Waals surface area contributed by atoms with Gasteiger partial charge in [-0.2, -0.15) is 8.42 Å². The Balaban J connectivity index is 1.45. The second kappa shape index (κ2) is 8.20. The van der Waals surface area contributed by atoms with Crippen molar-refractivity contribution >= 4 is 10.1 Å². The molecule has 2 aromatic rings. The van der Waals surface area contributed by atoms with Crippen molar-refractivity contribution in [3.8, 4) is 17.2 Å². The lowest BCUT2D eigenvalue weighted by molar-refractivity contribution is -0.0226. The number of aliphatic hydroxyl groups excluding tert-OH is 1. The molecule has 2 fully saturated rings. The molecule has 0 aliphatic heterocycles. The molecule has 0 bridgehead atoms. The average molecular weight is 473 g/mol. The number of methoxy groups -OCH3 is 2. The third-order valence-electron chi connectivity index (χ3n) is 8.51. The maximum atomic E-state index is 12.9. The molecule has 0 aromatic heterocycles. The van der Waals surface area contributed by atoms with Gasteiger partial charge >= 0.3 is 10.1 Å². The molecular formula is C26H32O6S. The van der Waals surface area contributed by atoms with Crippen molar-refractivity contribution in [3.63, 3.8) is 0 Å². The fourth-order valence-corrected chi connectivity index (χ4v) is 7.62. The van der Waals surface area contributed by atoms with E-state index >= 15 is 0 Å². The summed E-state index contributed by atoms with van der Waals surface area (Å²) in [6, 6.07) is 9.97. The molecule has 0 saturated heterocycles. The van der Waals surface area contributed by atoms with Crippen LogP contribution < -0.4 is 13.7 Å². The largest absolute Gasteiger partial charge is 0.497 e. The van der Waals surface area contributed by atoms with E-state index in [-0.39, 0.29) is 22.2 Å². The first-order valence-corrected chi connectivity index (χ1v) is 13.1. The molecule has 0 radical (unpaired) electrons. The summed E-state index contributed by atoms with van der Waals surface area (Å²) >= 11 is 0. The van der Waals surface area contributed by atoms with Gasteiger partial charge in [0, 0.05) is 0 Å². The minimum atomic E-state index is -4.01. The van der Waals surface area contributed by atoms with Gasteiger partial charge in [0.05, 0.1) is 20.3 Å². The molecular weight excluding hydrogens is 440 g/mol. The number of fused-ring (bicyclic) bond motifs is 5. The zero-order valence-electron chi connectivity index (χ0n) is 19.4. The minimum absolute atomic E-state index is 0.0260. The number of benzene rings is 2. The Hall–Kier alpha value is -2.25. The van der Waals surface area contributed by atoms with Crippen molar-refractivity contribution in [1.82, 2.24) is 0 Å². The van der Waals surface area contributed by atoms with Gasteiger partial charge in [-0.3, -0.25) is 0 Å². The monoisotopic (exact) mass is 472 g/mol. The van der Waals surface area contributed by atoms with Crippen LogP contribution in [0.5, 0.6) is 17.2 Å². The highest BCUT2D eigenvalue weighted by Gasteiger charge is 2.54. The van der Waals surface area contributed by atoms with E-state index in [9.17, 15) is 13.5 Å². The van der Waals surface area contributed by atoms with Crippen LogP contribution >= 0.6 is 0 Å². The molecule has 0 spiro atoms.